The van der Waals surface area contributed by atoms with E-state index in [9.17, 15) is 0 Å². The van der Waals surface area contributed by atoms with Crippen LogP contribution in [-0.2, 0) is 6.42 Å². The van der Waals surface area contributed by atoms with Gasteiger partial charge in [-0.1, -0.05) is 13.3 Å². The summed E-state index contributed by atoms with van der Waals surface area (Å²) in [6, 6.07) is 4.30. The van der Waals surface area contributed by atoms with Crippen LogP contribution in [0, 0.1) is 0 Å². The second-order valence-electron chi connectivity index (χ2n) is 6.45. The molecule has 0 radical (unpaired) electrons. The second-order valence-corrected chi connectivity index (χ2v) is 6.45. The Labute approximate surface area is 146 Å². The van der Waals surface area contributed by atoms with E-state index in [1.807, 2.05) is 16.6 Å². The van der Waals surface area contributed by atoms with Crippen LogP contribution in [0.4, 0.5) is 5.95 Å². The third kappa shape index (κ3) is 2.94. The number of ether oxygens (including phenoxy) is 2. The molecule has 1 fully saturated rings. The topological polar surface area (TPSA) is 73.6 Å². The fourth-order valence-corrected chi connectivity index (χ4v) is 2.92. The summed E-state index contributed by atoms with van der Waals surface area (Å²) in [4.78, 5) is 9.55. The quantitative estimate of drug-likeness (QED) is 0.711. The van der Waals surface area contributed by atoms with Crippen molar-refractivity contribution in [3.8, 4) is 11.5 Å². The molecule has 3 aromatic rings. The van der Waals surface area contributed by atoms with Gasteiger partial charge in [-0.3, -0.25) is 0 Å². The van der Waals surface area contributed by atoms with E-state index in [0.717, 1.165) is 47.6 Å². The van der Waals surface area contributed by atoms with Gasteiger partial charge in [0.2, 0.25) is 5.95 Å². The number of methoxy groups -OCH3 is 2. The Morgan fingerprint density at radius 1 is 1.16 bits per heavy atom. The van der Waals surface area contributed by atoms with E-state index >= 15 is 0 Å². The maximum Gasteiger partial charge on any atom is 0.226 e. The van der Waals surface area contributed by atoms with Crippen LogP contribution >= 0.6 is 0 Å². The van der Waals surface area contributed by atoms with Crippen LogP contribution in [0.2, 0.25) is 0 Å². The monoisotopic (exact) mass is 341 g/mol. The third-order valence-electron chi connectivity index (χ3n) is 4.49. The summed E-state index contributed by atoms with van der Waals surface area (Å²) in [5, 5.41) is 9.06. The maximum atomic E-state index is 5.44. The van der Waals surface area contributed by atoms with Crippen LogP contribution in [0.3, 0.4) is 0 Å². The molecule has 132 valence electrons. The largest absolute Gasteiger partial charge is 0.493 e. The summed E-state index contributed by atoms with van der Waals surface area (Å²) in [6.07, 6.45) is 5.41. The van der Waals surface area contributed by atoms with Crippen molar-refractivity contribution >= 4 is 22.5 Å². The number of hydrogen-bond donors (Lipinski definition) is 1. The number of anilines is 1. The molecule has 1 aromatic carbocycles. The van der Waals surface area contributed by atoms with Gasteiger partial charge in [0.25, 0.3) is 0 Å². The molecule has 1 aliphatic carbocycles. The van der Waals surface area contributed by atoms with Crippen LogP contribution in [0.25, 0.3) is 16.6 Å². The van der Waals surface area contributed by atoms with Gasteiger partial charge in [0.1, 0.15) is 0 Å². The van der Waals surface area contributed by atoms with Crippen molar-refractivity contribution in [3.63, 3.8) is 0 Å². The standard InChI is InChI=1S/C18H23N5O2/c1-4-5-6-16-21-17-12-9-14(24-2)15(25-3)10-13(12)20-18(23(17)22-16)19-11-7-8-11/h9-11H,4-8H2,1-3H3,(H,19,20). The van der Waals surface area contributed by atoms with Gasteiger partial charge in [0.15, 0.2) is 23.0 Å². The molecule has 4 rings (SSSR count). The van der Waals surface area contributed by atoms with Gasteiger partial charge in [0.05, 0.1) is 19.7 Å². The Morgan fingerprint density at radius 3 is 2.60 bits per heavy atom. The molecule has 0 aliphatic heterocycles. The molecule has 1 N–H and O–H groups in total. The van der Waals surface area contributed by atoms with E-state index in [4.69, 9.17) is 19.4 Å². The third-order valence-corrected chi connectivity index (χ3v) is 4.49. The zero-order valence-corrected chi connectivity index (χ0v) is 14.9. The smallest absolute Gasteiger partial charge is 0.226 e. The molecular weight excluding hydrogens is 318 g/mol. The van der Waals surface area contributed by atoms with Crippen LogP contribution in [-0.4, -0.2) is 39.8 Å². The molecule has 25 heavy (non-hydrogen) atoms. The zero-order chi connectivity index (χ0) is 17.4. The molecule has 1 saturated carbocycles. The lowest BCUT2D eigenvalue weighted by atomic mass is 10.2. The first-order valence-corrected chi connectivity index (χ1v) is 8.81. The number of fused-ring (bicyclic) bond motifs is 3. The van der Waals surface area contributed by atoms with Crippen molar-refractivity contribution in [2.24, 2.45) is 0 Å². The zero-order valence-electron chi connectivity index (χ0n) is 14.9. The summed E-state index contributed by atoms with van der Waals surface area (Å²) >= 11 is 0. The van der Waals surface area contributed by atoms with E-state index in [1.165, 1.54) is 12.8 Å². The summed E-state index contributed by atoms with van der Waals surface area (Å²) in [5.74, 6) is 2.92. The van der Waals surface area contributed by atoms with E-state index in [0.29, 0.717) is 17.5 Å². The minimum atomic E-state index is 0.483. The lowest BCUT2D eigenvalue weighted by molar-refractivity contribution is 0.356. The van der Waals surface area contributed by atoms with Crippen LogP contribution in [0.15, 0.2) is 12.1 Å². The summed E-state index contributed by atoms with van der Waals surface area (Å²) in [6.45, 7) is 2.17. The molecule has 7 heteroatoms. The maximum absolute atomic E-state index is 5.44. The normalized spacial score (nSPS) is 14.2. The first kappa shape index (κ1) is 15.9. The van der Waals surface area contributed by atoms with Gasteiger partial charge in [-0.15, -0.1) is 5.10 Å². The van der Waals surface area contributed by atoms with E-state index < -0.39 is 0 Å². The molecule has 0 atom stereocenters. The first-order valence-electron chi connectivity index (χ1n) is 8.81. The summed E-state index contributed by atoms with van der Waals surface area (Å²) < 4.78 is 12.7. The SMILES string of the molecule is CCCCc1nc2c3cc(OC)c(OC)cc3nc(NC3CC3)n2n1. The minimum absolute atomic E-state index is 0.483. The molecule has 1 aliphatic rings. The lowest BCUT2D eigenvalue weighted by Gasteiger charge is -2.11. The van der Waals surface area contributed by atoms with Crippen LogP contribution in [0.5, 0.6) is 11.5 Å². The van der Waals surface area contributed by atoms with Crippen molar-refractivity contribution in [1.29, 1.82) is 0 Å². The fourth-order valence-electron chi connectivity index (χ4n) is 2.92. The van der Waals surface area contributed by atoms with E-state index in [2.05, 4.69) is 17.3 Å². The lowest BCUT2D eigenvalue weighted by Crippen LogP contribution is -2.10. The van der Waals surface area contributed by atoms with Crippen LogP contribution in [0.1, 0.15) is 38.4 Å². The number of aromatic nitrogens is 4. The predicted molar refractivity (Wildman–Crippen MR) is 96.6 cm³/mol. The van der Waals surface area contributed by atoms with Crippen molar-refractivity contribution in [2.45, 2.75) is 45.1 Å². The number of nitrogens with one attached hydrogen (secondary N) is 1. The van der Waals surface area contributed by atoms with Crippen molar-refractivity contribution < 1.29 is 9.47 Å². The summed E-state index contributed by atoms with van der Waals surface area (Å²) in [7, 11) is 3.26. The van der Waals surface area contributed by atoms with Crippen molar-refractivity contribution in [3.05, 3.63) is 18.0 Å². The van der Waals surface area contributed by atoms with Gasteiger partial charge in [0, 0.05) is 23.9 Å². The Hall–Kier alpha value is -2.57. The van der Waals surface area contributed by atoms with E-state index in [1.54, 1.807) is 14.2 Å². The molecule has 0 unspecified atom stereocenters. The average Bonchev–Trinajstić information content (AvgIpc) is 3.34. The number of rotatable bonds is 7. The van der Waals surface area contributed by atoms with Gasteiger partial charge in [-0.25, -0.2) is 9.97 Å². The highest BCUT2D eigenvalue weighted by molar-refractivity contribution is 5.94. The fraction of sp³-hybridized carbons (Fsp3) is 0.500. The van der Waals surface area contributed by atoms with E-state index in [-0.39, 0.29) is 0 Å². The first-order chi connectivity index (χ1) is 12.2. The Bertz CT molecular complexity index is 917. The van der Waals surface area contributed by atoms with Gasteiger partial charge < -0.3 is 14.8 Å². The Morgan fingerprint density at radius 2 is 1.92 bits per heavy atom. The van der Waals surface area contributed by atoms with Crippen molar-refractivity contribution in [1.82, 2.24) is 19.6 Å². The number of unbranched alkanes of at least 4 members (excludes halogenated alkanes) is 1. The molecule has 7 nitrogen and oxygen atoms in total. The molecular formula is C18H23N5O2. The predicted octanol–water partition coefficient (Wildman–Crippen LogP) is 3.21. The molecule has 0 spiro atoms. The Kier molecular flexibility index (Phi) is 4.07. The molecule has 0 bridgehead atoms. The molecule has 0 saturated heterocycles. The van der Waals surface area contributed by atoms with Gasteiger partial charge in [-0.05, 0) is 25.3 Å². The number of nitrogens with zero attached hydrogens (tertiary/aromatic N) is 4. The molecule has 2 heterocycles. The van der Waals surface area contributed by atoms with Crippen molar-refractivity contribution in [2.75, 3.05) is 19.5 Å². The number of benzene rings is 1. The number of aryl methyl sites for hydroxylation is 1. The second kappa shape index (κ2) is 6.38. The highest BCUT2D eigenvalue weighted by atomic mass is 16.5. The minimum Gasteiger partial charge on any atom is -0.493 e. The molecule has 0 amide bonds. The molecule has 2 aromatic heterocycles. The summed E-state index contributed by atoms with van der Waals surface area (Å²) in [5.41, 5.74) is 1.63. The van der Waals surface area contributed by atoms with Gasteiger partial charge >= 0.3 is 0 Å². The Balaban J connectivity index is 1.92. The highest BCUT2D eigenvalue weighted by Gasteiger charge is 2.24. The highest BCUT2D eigenvalue weighted by Crippen LogP contribution is 2.34. The number of hydrogen-bond acceptors (Lipinski definition) is 6. The van der Waals surface area contributed by atoms with Crippen LogP contribution < -0.4 is 14.8 Å². The average molecular weight is 341 g/mol. The van der Waals surface area contributed by atoms with Gasteiger partial charge in [-0.2, -0.15) is 4.52 Å².